The molecular weight excluding hydrogens is 524 g/mol. The lowest BCUT2D eigenvalue weighted by Crippen LogP contribution is -2.41. The Labute approximate surface area is 237 Å². The lowest BCUT2D eigenvalue weighted by molar-refractivity contribution is -0.121. The number of aryl methyl sites for hydroxylation is 2. The van der Waals surface area contributed by atoms with Gasteiger partial charge in [0.15, 0.2) is 0 Å². The van der Waals surface area contributed by atoms with E-state index in [4.69, 9.17) is 10.5 Å². The van der Waals surface area contributed by atoms with Crippen LogP contribution in [-0.2, 0) is 16.0 Å². The van der Waals surface area contributed by atoms with Crippen LogP contribution in [-0.4, -0.2) is 61.2 Å². The number of morpholine rings is 1. The van der Waals surface area contributed by atoms with Gasteiger partial charge in [0.25, 0.3) is 0 Å². The topological polar surface area (TPSA) is 122 Å². The number of thiophene rings is 1. The lowest BCUT2D eigenvalue weighted by atomic mass is 10.0. The second-order valence-corrected chi connectivity index (χ2v) is 10.7. The van der Waals surface area contributed by atoms with Gasteiger partial charge in [-0.2, -0.15) is 0 Å². The number of carbonyl (C=O) groups is 2. The molecule has 0 unspecified atom stereocenters. The summed E-state index contributed by atoms with van der Waals surface area (Å²) in [5.41, 5.74) is 11.8. The van der Waals surface area contributed by atoms with Crippen LogP contribution in [0.4, 0.5) is 22.0 Å². The van der Waals surface area contributed by atoms with E-state index in [9.17, 15) is 9.59 Å². The predicted molar refractivity (Wildman–Crippen MR) is 162 cm³/mol. The van der Waals surface area contributed by atoms with E-state index >= 15 is 0 Å². The maximum Gasteiger partial charge on any atom is 0.323 e. The highest BCUT2D eigenvalue weighted by Crippen LogP contribution is 2.39. The first kappa shape index (κ1) is 27.6. The van der Waals surface area contributed by atoms with Crippen molar-refractivity contribution < 1.29 is 14.3 Å². The molecule has 2 aromatic carbocycles. The maximum absolute atomic E-state index is 12.5. The third-order valence-electron chi connectivity index (χ3n) is 6.90. The molecule has 0 radical (unpaired) electrons. The van der Waals surface area contributed by atoms with Crippen molar-refractivity contribution in [2.45, 2.75) is 19.8 Å². The third kappa shape index (κ3) is 6.95. The highest BCUT2D eigenvalue weighted by Gasteiger charge is 2.16. The summed E-state index contributed by atoms with van der Waals surface area (Å²) in [5, 5.41) is 11.7. The number of hydrogen-bond donors (Lipinski definition) is 4. The van der Waals surface area contributed by atoms with E-state index in [0.717, 1.165) is 70.9 Å². The Morgan fingerprint density at radius 2 is 1.85 bits per heavy atom. The summed E-state index contributed by atoms with van der Waals surface area (Å²) in [4.78, 5) is 31.6. The summed E-state index contributed by atoms with van der Waals surface area (Å²) < 4.78 is 6.41. The monoisotopic (exact) mass is 558 g/mol. The molecule has 0 bridgehead atoms. The predicted octanol–water partition coefficient (Wildman–Crippen LogP) is 4.88. The fourth-order valence-corrected chi connectivity index (χ4v) is 5.90. The van der Waals surface area contributed by atoms with Gasteiger partial charge in [0.1, 0.15) is 5.82 Å². The minimum atomic E-state index is -0.303. The summed E-state index contributed by atoms with van der Waals surface area (Å²) in [6.45, 7) is 6.78. The Bertz CT molecular complexity index is 1480. The summed E-state index contributed by atoms with van der Waals surface area (Å²) in [5.74, 6) is 0.495. The smallest absolute Gasteiger partial charge is 0.323 e. The standard InChI is InChI=1S/C30H34N6O3S/c1-20-3-2-4-24(17-20)35-30(38)34-23-8-5-21(6-9-23)25-19-40-28-22(18-33-29(31)27(25)28)7-10-26(37)32-11-12-36-13-15-39-16-14-36/h2-6,8-9,17-19H,7,10-16H2,1H3,(H2,31,33)(H,32,37)(H2,34,35,38). The van der Waals surface area contributed by atoms with E-state index in [1.165, 1.54) is 0 Å². The molecule has 9 nitrogen and oxygen atoms in total. The normalized spacial score (nSPS) is 13.7. The highest BCUT2D eigenvalue weighted by molar-refractivity contribution is 7.18. The number of nitrogens with two attached hydrogens (primary N) is 1. The fourth-order valence-electron chi connectivity index (χ4n) is 4.77. The Balaban J connectivity index is 1.20. The van der Waals surface area contributed by atoms with Gasteiger partial charge < -0.3 is 26.4 Å². The van der Waals surface area contributed by atoms with Gasteiger partial charge >= 0.3 is 6.03 Å². The first-order valence-electron chi connectivity index (χ1n) is 13.4. The van der Waals surface area contributed by atoms with Crippen LogP contribution in [0.3, 0.4) is 0 Å². The van der Waals surface area contributed by atoms with E-state index < -0.39 is 0 Å². The van der Waals surface area contributed by atoms with Gasteiger partial charge in [-0.25, -0.2) is 9.78 Å². The van der Waals surface area contributed by atoms with Crippen molar-refractivity contribution in [1.29, 1.82) is 0 Å². The molecule has 1 saturated heterocycles. The van der Waals surface area contributed by atoms with Crippen LogP contribution in [0, 0.1) is 6.92 Å². The number of urea groups is 1. The van der Waals surface area contributed by atoms with E-state index in [0.29, 0.717) is 30.9 Å². The first-order valence-corrected chi connectivity index (χ1v) is 14.3. The third-order valence-corrected chi connectivity index (χ3v) is 7.96. The summed E-state index contributed by atoms with van der Waals surface area (Å²) in [7, 11) is 0. The number of aromatic nitrogens is 1. The Morgan fingerprint density at radius 1 is 1.07 bits per heavy atom. The molecule has 0 atom stereocenters. The van der Waals surface area contributed by atoms with Crippen LogP contribution >= 0.6 is 11.3 Å². The molecule has 208 valence electrons. The molecule has 0 saturated carbocycles. The van der Waals surface area contributed by atoms with Gasteiger partial charge in [-0.05, 0) is 59.7 Å². The molecule has 5 N–H and O–H groups in total. The SMILES string of the molecule is Cc1cccc(NC(=O)Nc2ccc(-c3csc4c(CCC(=O)NCCN5CCOCC5)cnc(N)c34)cc2)c1. The Kier molecular flexibility index (Phi) is 8.90. The van der Waals surface area contributed by atoms with Gasteiger partial charge in [0, 0.05) is 65.8 Å². The molecule has 1 aliphatic heterocycles. The maximum atomic E-state index is 12.5. The van der Waals surface area contributed by atoms with Crippen molar-refractivity contribution in [2.24, 2.45) is 0 Å². The van der Waals surface area contributed by atoms with Crippen molar-refractivity contribution in [2.75, 3.05) is 55.8 Å². The highest BCUT2D eigenvalue weighted by atomic mass is 32.1. The number of nitrogens with zero attached hydrogens (tertiary/aromatic N) is 2. The number of amides is 3. The summed E-state index contributed by atoms with van der Waals surface area (Å²) in [6, 6.07) is 15.0. The number of rotatable bonds is 9. The van der Waals surface area contributed by atoms with Crippen LogP contribution in [0.1, 0.15) is 17.5 Å². The lowest BCUT2D eigenvalue weighted by Gasteiger charge is -2.26. The zero-order chi connectivity index (χ0) is 27.9. The molecule has 3 amide bonds. The van der Waals surface area contributed by atoms with Crippen LogP contribution in [0.25, 0.3) is 21.2 Å². The van der Waals surface area contributed by atoms with Crippen LogP contribution in [0.2, 0.25) is 0 Å². The number of benzene rings is 2. The van der Waals surface area contributed by atoms with Crippen LogP contribution in [0.5, 0.6) is 0 Å². The number of fused-ring (bicyclic) bond motifs is 1. The van der Waals surface area contributed by atoms with Gasteiger partial charge in [0.2, 0.25) is 5.91 Å². The van der Waals surface area contributed by atoms with E-state index in [1.54, 1.807) is 17.5 Å². The number of anilines is 3. The molecule has 0 spiro atoms. The van der Waals surface area contributed by atoms with Crippen LogP contribution < -0.4 is 21.7 Å². The van der Waals surface area contributed by atoms with Gasteiger partial charge in [-0.1, -0.05) is 24.3 Å². The summed E-state index contributed by atoms with van der Waals surface area (Å²) in [6.07, 6.45) is 2.76. The van der Waals surface area contributed by atoms with Crippen LogP contribution in [0.15, 0.2) is 60.1 Å². The molecule has 5 rings (SSSR count). The quantitative estimate of drug-likeness (QED) is 0.232. The average molecular weight is 559 g/mol. The molecule has 1 fully saturated rings. The van der Waals surface area contributed by atoms with Crippen molar-refractivity contribution in [1.82, 2.24) is 15.2 Å². The largest absolute Gasteiger partial charge is 0.383 e. The van der Waals surface area contributed by atoms with Gasteiger partial charge in [-0.15, -0.1) is 11.3 Å². The first-order chi connectivity index (χ1) is 19.5. The number of pyridine rings is 1. The van der Waals surface area contributed by atoms with Crippen molar-refractivity contribution >= 4 is 50.6 Å². The van der Waals surface area contributed by atoms with Crippen molar-refractivity contribution in [3.8, 4) is 11.1 Å². The molecule has 0 aliphatic carbocycles. The minimum Gasteiger partial charge on any atom is -0.383 e. The molecule has 1 aliphatic rings. The fraction of sp³-hybridized carbons (Fsp3) is 0.300. The Hall–Kier alpha value is -3.99. The molecule has 4 aromatic rings. The zero-order valence-electron chi connectivity index (χ0n) is 22.5. The number of nitrogens with one attached hydrogen (secondary N) is 3. The molecule has 3 heterocycles. The van der Waals surface area contributed by atoms with Gasteiger partial charge in [-0.3, -0.25) is 9.69 Å². The van der Waals surface area contributed by atoms with E-state index in [1.807, 2.05) is 55.5 Å². The minimum absolute atomic E-state index is 0.0320. The number of ether oxygens (including phenoxy) is 1. The van der Waals surface area contributed by atoms with Crippen molar-refractivity contribution in [3.63, 3.8) is 0 Å². The van der Waals surface area contributed by atoms with E-state index in [2.05, 4.69) is 31.2 Å². The molecule has 2 aromatic heterocycles. The Morgan fingerprint density at radius 3 is 2.62 bits per heavy atom. The number of nitrogen functional groups attached to an aromatic ring is 1. The van der Waals surface area contributed by atoms with Gasteiger partial charge in [0.05, 0.1) is 13.2 Å². The number of carbonyl (C=O) groups excluding carboxylic acids is 2. The van der Waals surface area contributed by atoms with Crippen molar-refractivity contribution in [3.05, 3.63) is 71.2 Å². The second-order valence-electron chi connectivity index (χ2n) is 9.85. The molecular formula is C30H34N6O3S. The van der Waals surface area contributed by atoms with E-state index in [-0.39, 0.29) is 11.9 Å². The summed E-state index contributed by atoms with van der Waals surface area (Å²) >= 11 is 1.61. The molecule has 10 heteroatoms. The molecule has 40 heavy (non-hydrogen) atoms. The second kappa shape index (κ2) is 12.9. The number of hydrogen-bond acceptors (Lipinski definition) is 7. The zero-order valence-corrected chi connectivity index (χ0v) is 23.4. The average Bonchev–Trinajstić information content (AvgIpc) is 3.40.